The Morgan fingerprint density at radius 1 is 1.09 bits per heavy atom. The number of rotatable bonds is 4. The third kappa shape index (κ3) is 3.74. The van der Waals surface area contributed by atoms with Crippen molar-refractivity contribution in [3.8, 4) is 0 Å². The standard InChI is InChI=1S/C25H30O7/c1-8-12(3)22(27)30-17-11-15(6)18-16(26)10-14(5)19(18)21-20(17)25(7,24(29)31-21)32-23(28)13(4)9-2/h8-10,17,19-21H,11H2,1-7H3/b12-8+,13-9+/t17-,19+,20-,21+,25-/m0/s1. The minimum Gasteiger partial charge on any atom is -0.458 e. The van der Waals surface area contributed by atoms with Gasteiger partial charge in [-0.05, 0) is 54.5 Å². The maximum absolute atomic E-state index is 13.1. The Bertz CT molecular complexity index is 1010. The Hall–Kier alpha value is -2.96. The number of esters is 3. The van der Waals surface area contributed by atoms with Crippen LogP contribution in [0.15, 0.2) is 46.1 Å². The first-order valence-electron chi connectivity index (χ1n) is 10.8. The van der Waals surface area contributed by atoms with Crippen molar-refractivity contribution in [1.82, 2.24) is 0 Å². The normalized spacial score (nSPS) is 32.7. The summed E-state index contributed by atoms with van der Waals surface area (Å²) in [7, 11) is 0. The lowest BCUT2D eigenvalue weighted by Gasteiger charge is -2.34. The molecule has 1 fully saturated rings. The first kappa shape index (κ1) is 23.7. The Labute approximate surface area is 188 Å². The number of hydrogen-bond acceptors (Lipinski definition) is 7. The molecule has 3 aliphatic rings. The molecule has 0 aromatic carbocycles. The molecule has 0 radical (unpaired) electrons. The largest absolute Gasteiger partial charge is 0.458 e. The monoisotopic (exact) mass is 442 g/mol. The highest BCUT2D eigenvalue weighted by molar-refractivity contribution is 6.09. The predicted octanol–water partition coefficient (Wildman–Crippen LogP) is 3.54. The summed E-state index contributed by atoms with van der Waals surface area (Å²) >= 11 is 0. The van der Waals surface area contributed by atoms with Gasteiger partial charge in [0, 0.05) is 29.1 Å². The molecule has 0 N–H and O–H groups in total. The van der Waals surface area contributed by atoms with Gasteiger partial charge in [-0.1, -0.05) is 23.3 Å². The first-order valence-corrected chi connectivity index (χ1v) is 10.8. The quantitative estimate of drug-likeness (QED) is 0.373. The molecule has 32 heavy (non-hydrogen) atoms. The van der Waals surface area contributed by atoms with Crippen LogP contribution >= 0.6 is 0 Å². The summed E-state index contributed by atoms with van der Waals surface area (Å²) in [5.41, 5.74) is 1.18. The summed E-state index contributed by atoms with van der Waals surface area (Å²) in [4.78, 5) is 51.1. The molecule has 0 amide bonds. The Balaban J connectivity index is 2.12. The van der Waals surface area contributed by atoms with E-state index in [-0.39, 0.29) is 12.2 Å². The number of carbonyl (C=O) groups excluding carboxylic acids is 4. The molecule has 7 heteroatoms. The van der Waals surface area contributed by atoms with Crippen LogP contribution in [0.3, 0.4) is 0 Å². The molecule has 3 rings (SSSR count). The van der Waals surface area contributed by atoms with Crippen molar-refractivity contribution in [2.75, 3.05) is 0 Å². The summed E-state index contributed by atoms with van der Waals surface area (Å²) in [6.07, 6.45) is 3.39. The average molecular weight is 443 g/mol. The van der Waals surface area contributed by atoms with Gasteiger partial charge in [0.1, 0.15) is 12.2 Å². The fraction of sp³-hybridized carbons (Fsp3) is 0.520. The molecule has 0 bridgehead atoms. The molecule has 0 aromatic heterocycles. The molecule has 172 valence electrons. The summed E-state index contributed by atoms with van der Waals surface area (Å²) in [5, 5.41) is 0. The topological polar surface area (TPSA) is 96.0 Å². The third-order valence-corrected chi connectivity index (χ3v) is 6.83. The van der Waals surface area contributed by atoms with E-state index in [0.29, 0.717) is 16.7 Å². The smallest absolute Gasteiger partial charge is 0.351 e. The number of carbonyl (C=O) groups is 4. The number of fused-ring (bicyclic) bond motifs is 3. The minimum atomic E-state index is -1.68. The van der Waals surface area contributed by atoms with E-state index < -0.39 is 47.6 Å². The van der Waals surface area contributed by atoms with Gasteiger partial charge in [-0.15, -0.1) is 0 Å². The predicted molar refractivity (Wildman–Crippen MR) is 116 cm³/mol. The second kappa shape index (κ2) is 8.52. The van der Waals surface area contributed by atoms with Gasteiger partial charge in [0.25, 0.3) is 0 Å². The zero-order valence-electron chi connectivity index (χ0n) is 19.6. The molecule has 0 saturated carbocycles. The lowest BCUT2D eigenvalue weighted by Crippen LogP contribution is -2.50. The van der Waals surface area contributed by atoms with Gasteiger partial charge < -0.3 is 14.2 Å². The molecular formula is C25H30O7. The van der Waals surface area contributed by atoms with Gasteiger partial charge in [0.15, 0.2) is 5.78 Å². The van der Waals surface area contributed by atoms with Crippen molar-refractivity contribution >= 4 is 23.7 Å². The highest BCUT2D eigenvalue weighted by Crippen LogP contribution is 2.51. The molecule has 1 aliphatic heterocycles. The molecule has 1 saturated heterocycles. The Morgan fingerprint density at radius 3 is 2.28 bits per heavy atom. The SMILES string of the molecule is C/C=C(\C)C(=O)O[C@H]1CC(C)=C2C(=O)C=C(C)[C@H]2[C@H]2OC(=O)[C@@](C)(OC(=O)/C(C)=C/C)[C@H]21. The zero-order chi connectivity index (χ0) is 24.0. The Morgan fingerprint density at radius 2 is 1.69 bits per heavy atom. The van der Waals surface area contributed by atoms with E-state index in [1.807, 2.05) is 13.8 Å². The average Bonchev–Trinajstić information content (AvgIpc) is 3.12. The van der Waals surface area contributed by atoms with E-state index in [0.717, 1.165) is 11.1 Å². The number of allylic oxidation sites excluding steroid dienone is 3. The van der Waals surface area contributed by atoms with Crippen molar-refractivity contribution < 1.29 is 33.4 Å². The summed E-state index contributed by atoms with van der Waals surface area (Å²) < 4.78 is 17.4. The highest BCUT2D eigenvalue weighted by atomic mass is 16.6. The maximum atomic E-state index is 13.1. The number of hydrogen-bond donors (Lipinski definition) is 0. The number of ether oxygens (including phenoxy) is 3. The van der Waals surface area contributed by atoms with Crippen LogP contribution in [0.5, 0.6) is 0 Å². The molecule has 0 aromatic rings. The van der Waals surface area contributed by atoms with Crippen molar-refractivity contribution in [1.29, 1.82) is 0 Å². The molecule has 7 nitrogen and oxygen atoms in total. The van der Waals surface area contributed by atoms with Crippen LogP contribution in [0.4, 0.5) is 0 Å². The van der Waals surface area contributed by atoms with Crippen LogP contribution in [-0.4, -0.2) is 41.5 Å². The number of ketones is 1. The second-order valence-corrected chi connectivity index (χ2v) is 8.91. The van der Waals surface area contributed by atoms with E-state index in [4.69, 9.17) is 14.2 Å². The lowest BCUT2D eigenvalue weighted by molar-refractivity contribution is -0.175. The third-order valence-electron chi connectivity index (χ3n) is 6.83. The van der Waals surface area contributed by atoms with Crippen LogP contribution in [0.25, 0.3) is 0 Å². The summed E-state index contributed by atoms with van der Waals surface area (Å²) in [6, 6.07) is 0. The molecule has 5 atom stereocenters. The molecule has 0 spiro atoms. The molecule has 1 heterocycles. The molecular weight excluding hydrogens is 412 g/mol. The molecule has 2 aliphatic carbocycles. The van der Waals surface area contributed by atoms with Crippen molar-refractivity contribution in [3.05, 3.63) is 46.1 Å². The van der Waals surface area contributed by atoms with Crippen LogP contribution in [-0.2, 0) is 33.4 Å². The van der Waals surface area contributed by atoms with E-state index in [1.54, 1.807) is 45.9 Å². The fourth-order valence-corrected chi connectivity index (χ4v) is 4.76. The van der Waals surface area contributed by atoms with E-state index in [2.05, 4.69) is 0 Å². The summed E-state index contributed by atoms with van der Waals surface area (Å²) in [6.45, 7) is 11.8. The second-order valence-electron chi connectivity index (χ2n) is 8.91. The van der Waals surface area contributed by atoms with E-state index in [9.17, 15) is 19.2 Å². The van der Waals surface area contributed by atoms with Crippen LogP contribution in [0, 0.1) is 11.8 Å². The van der Waals surface area contributed by atoms with Crippen LogP contribution in [0.1, 0.15) is 54.9 Å². The molecule has 0 unspecified atom stereocenters. The van der Waals surface area contributed by atoms with Gasteiger partial charge in [-0.2, -0.15) is 0 Å². The van der Waals surface area contributed by atoms with Gasteiger partial charge >= 0.3 is 17.9 Å². The van der Waals surface area contributed by atoms with Gasteiger partial charge in [-0.3, -0.25) is 4.79 Å². The van der Waals surface area contributed by atoms with Crippen LogP contribution in [0.2, 0.25) is 0 Å². The van der Waals surface area contributed by atoms with Crippen LogP contribution < -0.4 is 0 Å². The minimum absolute atomic E-state index is 0.133. The zero-order valence-corrected chi connectivity index (χ0v) is 19.6. The Kier molecular flexibility index (Phi) is 6.31. The van der Waals surface area contributed by atoms with Crippen molar-refractivity contribution in [3.63, 3.8) is 0 Å². The first-order chi connectivity index (χ1) is 15.0. The van der Waals surface area contributed by atoms with Gasteiger partial charge in [0.05, 0.1) is 5.92 Å². The lowest BCUT2D eigenvalue weighted by atomic mass is 9.77. The van der Waals surface area contributed by atoms with Crippen molar-refractivity contribution in [2.24, 2.45) is 11.8 Å². The van der Waals surface area contributed by atoms with Crippen molar-refractivity contribution in [2.45, 2.75) is 72.7 Å². The highest BCUT2D eigenvalue weighted by Gasteiger charge is 2.65. The van der Waals surface area contributed by atoms with E-state index >= 15 is 0 Å². The maximum Gasteiger partial charge on any atom is 0.351 e. The van der Waals surface area contributed by atoms with E-state index in [1.165, 1.54) is 6.92 Å². The summed E-state index contributed by atoms with van der Waals surface area (Å²) in [5.74, 6) is -3.27. The fourth-order valence-electron chi connectivity index (χ4n) is 4.76. The van der Waals surface area contributed by atoms with Gasteiger partial charge in [0.2, 0.25) is 5.60 Å². The van der Waals surface area contributed by atoms with Gasteiger partial charge in [-0.25, -0.2) is 14.4 Å².